The molecule has 0 saturated heterocycles. The number of rotatable bonds is 1. The normalized spacial score (nSPS) is 35.2. The molecule has 0 bridgehead atoms. The Morgan fingerprint density at radius 1 is 1.09 bits per heavy atom. The standard InChI is InChI=1S/C10H19N/c11-8-9-4-3-7-10(9)5-1-2-6-10/h9H,1-8,11H2. The SMILES string of the molecule is NCC1CCCC12CCCC2. The monoisotopic (exact) mass is 153 g/mol. The first kappa shape index (κ1) is 7.60. The largest absolute Gasteiger partial charge is 0.330 e. The van der Waals surface area contributed by atoms with Gasteiger partial charge < -0.3 is 5.73 Å². The number of nitrogens with two attached hydrogens (primary N) is 1. The lowest BCUT2D eigenvalue weighted by Crippen LogP contribution is -2.28. The Balaban J connectivity index is 2.09. The lowest BCUT2D eigenvalue weighted by atomic mass is 9.76. The van der Waals surface area contributed by atoms with Gasteiger partial charge in [-0.3, -0.25) is 0 Å². The highest BCUT2D eigenvalue weighted by atomic mass is 14.6. The Kier molecular flexibility index (Phi) is 1.92. The van der Waals surface area contributed by atoms with Gasteiger partial charge >= 0.3 is 0 Å². The molecule has 2 aliphatic carbocycles. The summed E-state index contributed by atoms with van der Waals surface area (Å²) in [4.78, 5) is 0. The fourth-order valence-electron chi connectivity index (χ4n) is 3.32. The summed E-state index contributed by atoms with van der Waals surface area (Å²) in [7, 11) is 0. The van der Waals surface area contributed by atoms with Crippen molar-refractivity contribution in [2.24, 2.45) is 17.1 Å². The Labute approximate surface area is 69.4 Å². The third-order valence-corrected chi connectivity index (χ3v) is 3.98. The third kappa shape index (κ3) is 1.10. The van der Waals surface area contributed by atoms with Gasteiger partial charge in [0.15, 0.2) is 0 Å². The van der Waals surface area contributed by atoms with Crippen molar-refractivity contribution in [3.63, 3.8) is 0 Å². The zero-order chi connectivity index (χ0) is 7.73. The van der Waals surface area contributed by atoms with Crippen molar-refractivity contribution in [3.05, 3.63) is 0 Å². The van der Waals surface area contributed by atoms with Crippen LogP contribution in [0.5, 0.6) is 0 Å². The fourth-order valence-corrected chi connectivity index (χ4v) is 3.32. The van der Waals surface area contributed by atoms with Crippen LogP contribution < -0.4 is 5.73 Å². The van der Waals surface area contributed by atoms with Crippen molar-refractivity contribution in [2.45, 2.75) is 44.9 Å². The Morgan fingerprint density at radius 2 is 1.73 bits per heavy atom. The molecule has 2 rings (SSSR count). The van der Waals surface area contributed by atoms with Crippen LogP contribution in [0.15, 0.2) is 0 Å². The Hall–Kier alpha value is -0.0400. The smallest absolute Gasteiger partial charge is 0.00436 e. The molecule has 2 N–H and O–H groups in total. The van der Waals surface area contributed by atoms with Gasteiger partial charge in [-0.15, -0.1) is 0 Å². The first-order valence-electron chi connectivity index (χ1n) is 5.07. The molecule has 2 saturated carbocycles. The average Bonchev–Trinajstić information content (AvgIpc) is 2.62. The molecule has 0 aliphatic heterocycles. The lowest BCUT2D eigenvalue weighted by Gasteiger charge is -2.30. The minimum Gasteiger partial charge on any atom is -0.330 e. The molecule has 0 aromatic rings. The van der Waals surface area contributed by atoms with E-state index in [0.717, 1.165) is 17.9 Å². The van der Waals surface area contributed by atoms with E-state index < -0.39 is 0 Å². The summed E-state index contributed by atoms with van der Waals surface area (Å²) in [5.74, 6) is 0.880. The zero-order valence-corrected chi connectivity index (χ0v) is 7.31. The molecule has 0 amide bonds. The molecule has 1 nitrogen and oxygen atoms in total. The van der Waals surface area contributed by atoms with Crippen molar-refractivity contribution < 1.29 is 0 Å². The maximum atomic E-state index is 5.79. The van der Waals surface area contributed by atoms with Crippen molar-refractivity contribution in [3.8, 4) is 0 Å². The Bertz CT molecular complexity index is 130. The molecule has 1 unspecified atom stereocenters. The number of hydrogen-bond acceptors (Lipinski definition) is 1. The van der Waals surface area contributed by atoms with Crippen LogP contribution in [0.1, 0.15) is 44.9 Å². The molecule has 1 heteroatoms. The second-order valence-electron chi connectivity index (χ2n) is 4.39. The summed E-state index contributed by atoms with van der Waals surface area (Å²) in [6.07, 6.45) is 10.2. The maximum absolute atomic E-state index is 5.79. The van der Waals surface area contributed by atoms with E-state index in [1.165, 1.54) is 44.9 Å². The molecule has 0 heterocycles. The summed E-state index contributed by atoms with van der Waals surface area (Å²) < 4.78 is 0. The first-order chi connectivity index (χ1) is 5.37. The van der Waals surface area contributed by atoms with E-state index in [9.17, 15) is 0 Å². The molecule has 11 heavy (non-hydrogen) atoms. The topological polar surface area (TPSA) is 26.0 Å². The van der Waals surface area contributed by atoms with Gasteiger partial charge in [0.05, 0.1) is 0 Å². The summed E-state index contributed by atoms with van der Waals surface area (Å²) in [5.41, 5.74) is 6.52. The van der Waals surface area contributed by atoms with Crippen molar-refractivity contribution in [2.75, 3.05) is 6.54 Å². The third-order valence-electron chi connectivity index (χ3n) is 3.98. The van der Waals surface area contributed by atoms with Crippen LogP contribution in [0.3, 0.4) is 0 Å². The van der Waals surface area contributed by atoms with E-state index in [1.807, 2.05) is 0 Å². The van der Waals surface area contributed by atoms with E-state index in [4.69, 9.17) is 5.73 Å². The molecular weight excluding hydrogens is 134 g/mol. The van der Waals surface area contributed by atoms with E-state index in [-0.39, 0.29) is 0 Å². The van der Waals surface area contributed by atoms with Crippen LogP contribution in [-0.4, -0.2) is 6.54 Å². The highest BCUT2D eigenvalue weighted by molar-refractivity contribution is 4.95. The van der Waals surface area contributed by atoms with Gasteiger partial charge in [0.25, 0.3) is 0 Å². The van der Waals surface area contributed by atoms with Gasteiger partial charge in [-0.2, -0.15) is 0 Å². The lowest BCUT2D eigenvalue weighted by molar-refractivity contribution is 0.213. The van der Waals surface area contributed by atoms with Crippen LogP contribution in [0.2, 0.25) is 0 Å². The second kappa shape index (κ2) is 2.78. The van der Waals surface area contributed by atoms with Crippen LogP contribution in [0, 0.1) is 11.3 Å². The molecular formula is C10H19N. The highest BCUT2D eigenvalue weighted by Gasteiger charge is 2.43. The first-order valence-corrected chi connectivity index (χ1v) is 5.07. The van der Waals surface area contributed by atoms with E-state index in [2.05, 4.69) is 0 Å². The van der Waals surface area contributed by atoms with E-state index in [0.29, 0.717) is 0 Å². The molecule has 0 radical (unpaired) electrons. The van der Waals surface area contributed by atoms with Crippen LogP contribution in [-0.2, 0) is 0 Å². The second-order valence-corrected chi connectivity index (χ2v) is 4.39. The van der Waals surface area contributed by atoms with Gasteiger partial charge in [0.2, 0.25) is 0 Å². The van der Waals surface area contributed by atoms with Crippen LogP contribution in [0.25, 0.3) is 0 Å². The van der Waals surface area contributed by atoms with Crippen LogP contribution in [0.4, 0.5) is 0 Å². The molecule has 2 aliphatic rings. The van der Waals surface area contributed by atoms with Gasteiger partial charge in [-0.25, -0.2) is 0 Å². The Morgan fingerprint density at radius 3 is 2.36 bits per heavy atom. The van der Waals surface area contributed by atoms with Gasteiger partial charge in [-0.05, 0) is 43.6 Å². The summed E-state index contributed by atoms with van der Waals surface area (Å²) in [6.45, 7) is 0.944. The van der Waals surface area contributed by atoms with Crippen LogP contribution >= 0.6 is 0 Å². The summed E-state index contributed by atoms with van der Waals surface area (Å²) >= 11 is 0. The predicted molar refractivity (Wildman–Crippen MR) is 47.3 cm³/mol. The van der Waals surface area contributed by atoms with Gasteiger partial charge in [0.1, 0.15) is 0 Å². The van der Waals surface area contributed by atoms with Crippen molar-refractivity contribution in [1.82, 2.24) is 0 Å². The molecule has 1 spiro atoms. The highest BCUT2D eigenvalue weighted by Crippen LogP contribution is 2.53. The number of hydrogen-bond donors (Lipinski definition) is 1. The quantitative estimate of drug-likeness (QED) is 0.614. The molecule has 2 fully saturated rings. The van der Waals surface area contributed by atoms with E-state index in [1.54, 1.807) is 0 Å². The molecule has 0 aromatic carbocycles. The van der Waals surface area contributed by atoms with Crippen molar-refractivity contribution >= 4 is 0 Å². The maximum Gasteiger partial charge on any atom is -0.00436 e. The minimum absolute atomic E-state index is 0.731. The van der Waals surface area contributed by atoms with Gasteiger partial charge in [-0.1, -0.05) is 19.3 Å². The van der Waals surface area contributed by atoms with E-state index >= 15 is 0 Å². The summed E-state index contributed by atoms with van der Waals surface area (Å²) in [6, 6.07) is 0. The van der Waals surface area contributed by atoms with Gasteiger partial charge in [0, 0.05) is 0 Å². The molecule has 0 aromatic heterocycles. The fraction of sp³-hybridized carbons (Fsp3) is 1.00. The zero-order valence-electron chi connectivity index (χ0n) is 7.31. The van der Waals surface area contributed by atoms with Crippen molar-refractivity contribution in [1.29, 1.82) is 0 Å². The minimum atomic E-state index is 0.731. The average molecular weight is 153 g/mol. The molecule has 1 atom stereocenters. The summed E-state index contributed by atoms with van der Waals surface area (Å²) in [5, 5.41) is 0. The predicted octanol–water partition coefficient (Wildman–Crippen LogP) is 2.31. The molecule has 64 valence electrons.